The molecule has 180 valence electrons. The summed E-state index contributed by atoms with van der Waals surface area (Å²) in [5.41, 5.74) is 4.16. The predicted octanol–water partition coefficient (Wildman–Crippen LogP) is 2.80. The second-order valence-electron chi connectivity index (χ2n) is 7.88. The molecule has 0 spiro atoms. The van der Waals surface area contributed by atoms with Crippen LogP contribution in [0, 0.1) is 0 Å². The van der Waals surface area contributed by atoms with Crippen molar-refractivity contribution in [3.63, 3.8) is 0 Å². The number of carboxylic acids is 1. The number of halogens is 3. The van der Waals surface area contributed by atoms with Gasteiger partial charge in [-0.25, -0.2) is 4.79 Å². The maximum absolute atomic E-state index is 13.2. The van der Waals surface area contributed by atoms with Crippen molar-refractivity contribution in [2.45, 2.75) is 12.7 Å². The van der Waals surface area contributed by atoms with Crippen molar-refractivity contribution in [1.29, 1.82) is 0 Å². The van der Waals surface area contributed by atoms with Crippen molar-refractivity contribution in [2.24, 2.45) is 7.05 Å². The second kappa shape index (κ2) is 9.84. The number of fused-ring (bicyclic) bond motifs is 3. The Morgan fingerprint density at radius 2 is 1.67 bits per heavy atom. The number of benzene rings is 1. The van der Waals surface area contributed by atoms with Crippen molar-refractivity contribution >= 4 is 33.8 Å². The van der Waals surface area contributed by atoms with Gasteiger partial charge < -0.3 is 28.8 Å². The van der Waals surface area contributed by atoms with Gasteiger partial charge in [-0.15, -0.1) is 0 Å². The topological polar surface area (TPSA) is 79.9 Å². The van der Waals surface area contributed by atoms with Crippen LogP contribution in [0.3, 0.4) is 0 Å². The summed E-state index contributed by atoms with van der Waals surface area (Å²) in [5.74, 6) is -2.64. The Balaban J connectivity index is 0.000000383. The summed E-state index contributed by atoms with van der Waals surface area (Å²) in [6, 6.07) is 10.4. The van der Waals surface area contributed by atoms with Crippen molar-refractivity contribution in [3.8, 4) is 0 Å². The van der Waals surface area contributed by atoms with Crippen molar-refractivity contribution in [1.82, 2.24) is 18.9 Å². The van der Waals surface area contributed by atoms with Crippen LogP contribution in [0.5, 0.6) is 0 Å². The van der Waals surface area contributed by atoms with E-state index in [-0.39, 0.29) is 5.91 Å². The molecule has 1 aliphatic heterocycles. The van der Waals surface area contributed by atoms with Crippen LogP contribution in [0.1, 0.15) is 10.5 Å². The summed E-state index contributed by atoms with van der Waals surface area (Å²) < 4.78 is 41.4. The molecule has 0 saturated carbocycles. The Morgan fingerprint density at radius 1 is 1.06 bits per heavy atom. The first-order valence-corrected chi connectivity index (χ1v) is 10.4. The number of alkyl halides is 3. The highest BCUT2D eigenvalue weighted by atomic mass is 19.4. The Labute approximate surface area is 188 Å². The lowest BCUT2D eigenvalue weighted by Gasteiger charge is -2.32. The number of likely N-dealkylation sites (N-methyl/N-ethyl adjacent to an activating group) is 1. The summed E-state index contributed by atoms with van der Waals surface area (Å²) in [5, 5.41) is 8.30. The number of ether oxygens (including phenoxy) is 1. The number of aliphatic carboxylic acids is 1. The van der Waals surface area contributed by atoms with Crippen LogP contribution in [0.25, 0.3) is 21.9 Å². The molecule has 1 fully saturated rings. The molecule has 0 atom stereocenters. The fourth-order valence-electron chi connectivity index (χ4n) is 3.93. The molecular weight excluding hydrogens is 441 g/mol. The van der Waals surface area contributed by atoms with Gasteiger partial charge >= 0.3 is 12.1 Å². The molecule has 1 amide bonds. The number of aromatic nitrogens is 2. The molecule has 4 rings (SSSR count). The van der Waals surface area contributed by atoms with Crippen LogP contribution >= 0.6 is 0 Å². The number of hydrogen-bond acceptors (Lipinski definition) is 4. The van der Waals surface area contributed by atoms with E-state index >= 15 is 0 Å². The van der Waals surface area contributed by atoms with Crippen LogP contribution in [-0.2, 0) is 23.1 Å². The van der Waals surface area contributed by atoms with Crippen LogP contribution < -0.4 is 0 Å². The maximum atomic E-state index is 13.2. The molecule has 0 bridgehead atoms. The van der Waals surface area contributed by atoms with Gasteiger partial charge in [-0.1, -0.05) is 18.2 Å². The first-order chi connectivity index (χ1) is 15.6. The molecule has 2 aromatic heterocycles. The molecule has 11 heteroatoms. The zero-order valence-electron chi connectivity index (χ0n) is 18.7. The van der Waals surface area contributed by atoms with Crippen molar-refractivity contribution < 1.29 is 32.6 Å². The van der Waals surface area contributed by atoms with E-state index in [4.69, 9.17) is 14.6 Å². The zero-order valence-corrected chi connectivity index (χ0v) is 18.7. The molecule has 0 radical (unpaired) electrons. The van der Waals surface area contributed by atoms with Gasteiger partial charge in [-0.3, -0.25) is 4.79 Å². The summed E-state index contributed by atoms with van der Waals surface area (Å²) in [7, 11) is 5.87. The minimum atomic E-state index is -5.08. The molecule has 33 heavy (non-hydrogen) atoms. The molecule has 3 aromatic rings. The van der Waals surface area contributed by atoms with Gasteiger partial charge in [0.05, 0.1) is 23.2 Å². The summed E-state index contributed by atoms with van der Waals surface area (Å²) in [4.78, 5) is 26.4. The van der Waals surface area contributed by atoms with Gasteiger partial charge in [0.2, 0.25) is 0 Å². The lowest BCUT2D eigenvalue weighted by atomic mass is 10.2. The number of amides is 1. The van der Waals surface area contributed by atoms with Crippen LogP contribution in [0.2, 0.25) is 0 Å². The molecule has 3 heterocycles. The average molecular weight is 468 g/mol. The third-order valence-electron chi connectivity index (χ3n) is 5.73. The number of nitrogens with zero attached hydrogens (tertiary/aromatic N) is 4. The summed E-state index contributed by atoms with van der Waals surface area (Å²) in [6.45, 7) is 4.66. The average Bonchev–Trinajstić information content (AvgIpc) is 3.28. The van der Waals surface area contributed by atoms with E-state index in [9.17, 15) is 18.0 Å². The maximum Gasteiger partial charge on any atom is 0.490 e. The zero-order chi connectivity index (χ0) is 24.3. The minimum absolute atomic E-state index is 0.120. The number of aryl methyl sites for hydroxylation is 1. The number of rotatable bonds is 4. The lowest BCUT2D eigenvalue weighted by Crippen LogP contribution is -2.47. The number of piperazine rings is 1. The van der Waals surface area contributed by atoms with E-state index in [1.807, 2.05) is 11.0 Å². The fourth-order valence-corrected chi connectivity index (χ4v) is 3.93. The highest BCUT2D eigenvalue weighted by Gasteiger charge is 2.38. The second-order valence-corrected chi connectivity index (χ2v) is 7.88. The normalized spacial score (nSPS) is 15.0. The third-order valence-corrected chi connectivity index (χ3v) is 5.73. The third kappa shape index (κ3) is 5.14. The number of methoxy groups -OCH3 is 1. The van der Waals surface area contributed by atoms with Gasteiger partial charge in [0.15, 0.2) is 0 Å². The van der Waals surface area contributed by atoms with E-state index in [1.165, 1.54) is 10.9 Å². The van der Waals surface area contributed by atoms with Crippen molar-refractivity contribution in [3.05, 3.63) is 36.0 Å². The van der Waals surface area contributed by atoms with Crippen LogP contribution in [0.4, 0.5) is 13.2 Å². The summed E-state index contributed by atoms with van der Waals surface area (Å²) in [6.07, 6.45) is -5.08. The Hall–Kier alpha value is -3.05. The molecule has 0 aliphatic carbocycles. The van der Waals surface area contributed by atoms with Gasteiger partial charge in [0, 0.05) is 52.3 Å². The van der Waals surface area contributed by atoms with Gasteiger partial charge in [-0.05, 0) is 19.2 Å². The minimum Gasteiger partial charge on any atom is -0.475 e. The fraction of sp³-hybridized carbons (Fsp3) is 0.455. The quantitative estimate of drug-likeness (QED) is 0.637. The van der Waals surface area contributed by atoms with E-state index < -0.39 is 12.1 Å². The van der Waals surface area contributed by atoms with E-state index in [1.54, 1.807) is 7.11 Å². The highest BCUT2D eigenvalue weighted by Crippen LogP contribution is 2.31. The first kappa shape index (κ1) is 24.6. The smallest absolute Gasteiger partial charge is 0.475 e. The molecule has 1 aliphatic rings. The number of carboxylic acid groups (broad SMARTS) is 1. The number of carbonyl (C=O) groups excluding carboxylic acids is 1. The van der Waals surface area contributed by atoms with Gasteiger partial charge in [0.25, 0.3) is 5.91 Å². The monoisotopic (exact) mass is 468 g/mol. The molecule has 8 nitrogen and oxygen atoms in total. The Morgan fingerprint density at radius 3 is 2.24 bits per heavy atom. The molecule has 1 saturated heterocycles. The highest BCUT2D eigenvalue weighted by molar-refractivity contribution is 6.10. The Kier molecular flexibility index (Phi) is 7.33. The van der Waals surface area contributed by atoms with Crippen molar-refractivity contribution in [2.75, 3.05) is 46.9 Å². The Bertz CT molecular complexity index is 1140. The SMILES string of the molecule is COCCn1c(C(=O)N2CCN(C)CC2)cc2c1c1ccccc1n2C.O=C(O)C(F)(F)F. The largest absolute Gasteiger partial charge is 0.490 e. The van der Waals surface area contributed by atoms with Crippen LogP contribution in [-0.4, -0.2) is 89.0 Å². The van der Waals surface area contributed by atoms with E-state index in [0.29, 0.717) is 13.2 Å². The van der Waals surface area contributed by atoms with E-state index in [0.717, 1.165) is 42.9 Å². The number of para-hydroxylation sites is 1. The van der Waals surface area contributed by atoms with Gasteiger partial charge in [0.1, 0.15) is 5.69 Å². The standard InChI is InChI=1S/C20H26N4O2.C2HF3O2/c1-21-8-10-23(11-9-21)20(25)18-14-17-19(24(18)12-13-26-3)15-6-4-5-7-16(15)22(17)2;3-2(4,5)1(6)7/h4-7,14H,8-13H2,1-3H3;(H,6,7). The molecular formula is C22H27F3N4O4. The molecule has 1 aromatic carbocycles. The van der Waals surface area contributed by atoms with Gasteiger partial charge in [-0.2, -0.15) is 13.2 Å². The van der Waals surface area contributed by atoms with Crippen LogP contribution in [0.15, 0.2) is 30.3 Å². The lowest BCUT2D eigenvalue weighted by molar-refractivity contribution is -0.192. The summed E-state index contributed by atoms with van der Waals surface area (Å²) >= 11 is 0. The number of carbonyl (C=O) groups is 2. The van der Waals surface area contributed by atoms with E-state index in [2.05, 4.69) is 52.4 Å². The molecule has 0 unspecified atom stereocenters. The predicted molar refractivity (Wildman–Crippen MR) is 117 cm³/mol. The first-order valence-electron chi connectivity index (χ1n) is 10.4. The molecule has 1 N–H and O–H groups in total. The number of hydrogen-bond donors (Lipinski definition) is 1.